The van der Waals surface area contributed by atoms with Crippen molar-refractivity contribution in [2.24, 2.45) is 0 Å². The first-order valence-electron chi connectivity index (χ1n) is 5.61. The SMILES string of the molecule is CCCCC1(CCCC)SCCS1. The Bertz CT molecular complexity index is 118. The lowest BCUT2D eigenvalue weighted by Crippen LogP contribution is -2.16. The summed E-state index contributed by atoms with van der Waals surface area (Å²) in [5.74, 6) is 2.77. The normalized spacial score (nSPS) is 20.8. The first kappa shape index (κ1) is 11.8. The lowest BCUT2D eigenvalue weighted by Gasteiger charge is -2.27. The maximum Gasteiger partial charge on any atom is 0.0611 e. The fourth-order valence-electron chi connectivity index (χ4n) is 1.80. The highest BCUT2D eigenvalue weighted by Gasteiger charge is 2.33. The lowest BCUT2D eigenvalue weighted by atomic mass is 10.1. The smallest absolute Gasteiger partial charge is 0.0611 e. The highest BCUT2D eigenvalue weighted by molar-refractivity contribution is 8.21. The summed E-state index contributed by atoms with van der Waals surface area (Å²) >= 11 is 4.47. The van der Waals surface area contributed by atoms with Crippen molar-refractivity contribution in [3.8, 4) is 0 Å². The van der Waals surface area contributed by atoms with Crippen LogP contribution in [0, 0.1) is 0 Å². The van der Waals surface area contributed by atoms with Crippen molar-refractivity contribution < 1.29 is 0 Å². The van der Waals surface area contributed by atoms with Gasteiger partial charge in [-0.1, -0.05) is 39.5 Å². The van der Waals surface area contributed by atoms with Gasteiger partial charge in [0, 0.05) is 11.5 Å². The molecule has 0 atom stereocenters. The quantitative estimate of drug-likeness (QED) is 0.642. The van der Waals surface area contributed by atoms with Crippen LogP contribution in [0.5, 0.6) is 0 Å². The minimum Gasteiger partial charge on any atom is -0.143 e. The van der Waals surface area contributed by atoms with E-state index >= 15 is 0 Å². The third kappa shape index (κ3) is 3.75. The molecule has 0 radical (unpaired) electrons. The highest BCUT2D eigenvalue weighted by atomic mass is 32.2. The predicted molar refractivity (Wildman–Crippen MR) is 66.7 cm³/mol. The Morgan fingerprint density at radius 3 is 1.77 bits per heavy atom. The van der Waals surface area contributed by atoms with Gasteiger partial charge >= 0.3 is 0 Å². The standard InChI is InChI=1S/C11H22S2/c1-3-5-7-11(8-6-4-2)12-9-10-13-11/h3-10H2,1-2H3. The van der Waals surface area contributed by atoms with Crippen LogP contribution >= 0.6 is 23.5 Å². The van der Waals surface area contributed by atoms with Gasteiger partial charge in [-0.25, -0.2) is 0 Å². The summed E-state index contributed by atoms with van der Waals surface area (Å²) < 4.78 is 0.631. The average Bonchev–Trinajstić information content (AvgIpc) is 2.61. The van der Waals surface area contributed by atoms with Gasteiger partial charge in [-0.3, -0.25) is 0 Å². The van der Waals surface area contributed by atoms with E-state index in [1.54, 1.807) is 0 Å². The van der Waals surface area contributed by atoms with E-state index in [4.69, 9.17) is 0 Å². The van der Waals surface area contributed by atoms with E-state index in [-0.39, 0.29) is 0 Å². The number of thioether (sulfide) groups is 2. The fourth-order valence-corrected chi connectivity index (χ4v) is 5.20. The zero-order chi connectivity index (χ0) is 9.57. The van der Waals surface area contributed by atoms with Gasteiger partial charge in [0.2, 0.25) is 0 Å². The van der Waals surface area contributed by atoms with E-state index in [2.05, 4.69) is 37.4 Å². The first-order chi connectivity index (χ1) is 6.33. The van der Waals surface area contributed by atoms with Crippen LogP contribution in [0.3, 0.4) is 0 Å². The van der Waals surface area contributed by atoms with Gasteiger partial charge in [0.05, 0.1) is 4.08 Å². The third-order valence-corrected chi connectivity index (χ3v) is 6.29. The van der Waals surface area contributed by atoms with Crippen LogP contribution in [0.4, 0.5) is 0 Å². The van der Waals surface area contributed by atoms with Crippen molar-refractivity contribution in [1.29, 1.82) is 0 Å². The molecule has 0 bridgehead atoms. The molecule has 0 N–H and O–H groups in total. The molecule has 0 aromatic carbocycles. The largest absolute Gasteiger partial charge is 0.143 e. The molecular weight excluding hydrogens is 196 g/mol. The molecule has 13 heavy (non-hydrogen) atoms. The van der Waals surface area contributed by atoms with Crippen molar-refractivity contribution in [3.05, 3.63) is 0 Å². The van der Waals surface area contributed by atoms with Crippen molar-refractivity contribution in [3.63, 3.8) is 0 Å². The van der Waals surface area contributed by atoms with Crippen LogP contribution in [0.1, 0.15) is 52.4 Å². The molecule has 1 rings (SSSR count). The van der Waals surface area contributed by atoms with Gasteiger partial charge < -0.3 is 0 Å². The Labute approximate surface area is 91.6 Å². The predicted octanol–water partition coefficient (Wildman–Crippen LogP) is 4.54. The highest BCUT2D eigenvalue weighted by Crippen LogP contribution is 2.50. The van der Waals surface area contributed by atoms with Gasteiger partial charge in [0.15, 0.2) is 0 Å². The van der Waals surface area contributed by atoms with Gasteiger partial charge in [-0.2, -0.15) is 0 Å². The van der Waals surface area contributed by atoms with Crippen LogP contribution in [0.15, 0.2) is 0 Å². The first-order valence-corrected chi connectivity index (χ1v) is 7.58. The summed E-state index contributed by atoms with van der Waals surface area (Å²) in [6, 6.07) is 0. The van der Waals surface area contributed by atoms with Gasteiger partial charge in [0.1, 0.15) is 0 Å². The zero-order valence-corrected chi connectivity index (χ0v) is 10.6. The van der Waals surface area contributed by atoms with E-state index in [1.807, 2.05) is 0 Å². The topological polar surface area (TPSA) is 0 Å². The Morgan fingerprint density at radius 1 is 0.923 bits per heavy atom. The molecule has 0 nitrogen and oxygen atoms in total. The summed E-state index contributed by atoms with van der Waals surface area (Å²) in [5, 5.41) is 0. The Kier molecular flexibility index (Phi) is 5.65. The van der Waals surface area contributed by atoms with Crippen LogP contribution in [-0.2, 0) is 0 Å². The van der Waals surface area contributed by atoms with E-state index < -0.39 is 0 Å². The molecule has 78 valence electrons. The molecule has 0 spiro atoms. The van der Waals surface area contributed by atoms with Crippen molar-refractivity contribution in [1.82, 2.24) is 0 Å². The van der Waals surface area contributed by atoms with Crippen LogP contribution in [0.25, 0.3) is 0 Å². The summed E-state index contributed by atoms with van der Waals surface area (Å²) in [7, 11) is 0. The Hall–Kier alpha value is 0.700. The molecule has 1 saturated heterocycles. The monoisotopic (exact) mass is 218 g/mol. The van der Waals surface area contributed by atoms with Gasteiger partial charge in [-0.05, 0) is 12.8 Å². The second kappa shape index (κ2) is 6.23. The van der Waals surface area contributed by atoms with E-state index in [9.17, 15) is 0 Å². The Balaban J connectivity index is 2.33. The summed E-state index contributed by atoms with van der Waals surface area (Å²) in [6.45, 7) is 4.61. The molecule has 0 aliphatic carbocycles. The van der Waals surface area contributed by atoms with Gasteiger partial charge in [-0.15, -0.1) is 23.5 Å². The molecule has 1 aliphatic heterocycles. The molecule has 0 aromatic rings. The minimum absolute atomic E-state index is 0.631. The van der Waals surface area contributed by atoms with Crippen molar-refractivity contribution in [2.75, 3.05) is 11.5 Å². The van der Waals surface area contributed by atoms with Crippen LogP contribution in [-0.4, -0.2) is 15.6 Å². The molecule has 0 saturated carbocycles. The number of rotatable bonds is 6. The zero-order valence-electron chi connectivity index (χ0n) is 8.97. The molecular formula is C11H22S2. The number of hydrogen-bond acceptors (Lipinski definition) is 2. The molecule has 1 aliphatic rings. The molecule has 0 aromatic heterocycles. The maximum atomic E-state index is 2.30. The molecule has 1 heterocycles. The maximum absolute atomic E-state index is 2.30. The fraction of sp³-hybridized carbons (Fsp3) is 1.00. The van der Waals surface area contributed by atoms with E-state index in [1.165, 1.54) is 50.0 Å². The Morgan fingerprint density at radius 2 is 1.38 bits per heavy atom. The van der Waals surface area contributed by atoms with Gasteiger partial charge in [0.25, 0.3) is 0 Å². The minimum atomic E-state index is 0.631. The van der Waals surface area contributed by atoms with Crippen LogP contribution < -0.4 is 0 Å². The molecule has 2 heteroatoms. The van der Waals surface area contributed by atoms with E-state index in [0.717, 1.165) is 0 Å². The third-order valence-electron chi connectivity index (χ3n) is 2.64. The van der Waals surface area contributed by atoms with E-state index in [0.29, 0.717) is 4.08 Å². The summed E-state index contributed by atoms with van der Waals surface area (Å²) in [4.78, 5) is 0. The summed E-state index contributed by atoms with van der Waals surface area (Å²) in [5.41, 5.74) is 0. The van der Waals surface area contributed by atoms with Crippen LogP contribution in [0.2, 0.25) is 0 Å². The van der Waals surface area contributed by atoms with Crippen molar-refractivity contribution >= 4 is 23.5 Å². The lowest BCUT2D eigenvalue weighted by molar-refractivity contribution is 0.587. The molecule has 0 amide bonds. The number of hydrogen-bond donors (Lipinski definition) is 0. The number of unbranched alkanes of at least 4 members (excludes halogenated alkanes) is 2. The van der Waals surface area contributed by atoms with Crippen molar-refractivity contribution in [2.45, 2.75) is 56.5 Å². The average molecular weight is 218 g/mol. The molecule has 0 unspecified atom stereocenters. The second-order valence-corrected chi connectivity index (χ2v) is 7.03. The molecule has 1 fully saturated rings. The second-order valence-electron chi connectivity index (χ2n) is 3.81. The summed E-state index contributed by atoms with van der Waals surface area (Å²) in [6.07, 6.45) is 8.44.